The lowest BCUT2D eigenvalue weighted by Gasteiger charge is -1.97. The van der Waals surface area contributed by atoms with Crippen LogP contribution in [0.3, 0.4) is 0 Å². The molecule has 2 rings (SSSR count). The standard InChI is InChI=1S/C11H13N5O/c12-7-6-10(17)11-13-15-16(14-11)8-9-4-2-1-3-5-9/h1-5H,6-8,12H2. The van der Waals surface area contributed by atoms with Crippen LogP contribution in [-0.4, -0.2) is 32.5 Å². The van der Waals surface area contributed by atoms with E-state index in [0.29, 0.717) is 13.1 Å². The molecule has 17 heavy (non-hydrogen) atoms. The van der Waals surface area contributed by atoms with Crippen molar-refractivity contribution in [1.29, 1.82) is 0 Å². The minimum absolute atomic E-state index is 0.131. The molecule has 0 saturated carbocycles. The van der Waals surface area contributed by atoms with Gasteiger partial charge in [-0.2, -0.15) is 4.80 Å². The summed E-state index contributed by atoms with van der Waals surface area (Å²) < 4.78 is 0. The minimum atomic E-state index is -0.174. The molecule has 0 fully saturated rings. The Morgan fingerprint density at radius 3 is 2.76 bits per heavy atom. The molecule has 1 aromatic heterocycles. The summed E-state index contributed by atoms with van der Waals surface area (Å²) in [4.78, 5) is 12.9. The molecule has 0 aliphatic rings. The van der Waals surface area contributed by atoms with Gasteiger partial charge in [-0.1, -0.05) is 30.3 Å². The van der Waals surface area contributed by atoms with E-state index in [1.807, 2.05) is 30.3 Å². The maximum Gasteiger partial charge on any atom is 0.240 e. The van der Waals surface area contributed by atoms with Gasteiger partial charge < -0.3 is 5.73 Å². The largest absolute Gasteiger partial charge is 0.330 e. The summed E-state index contributed by atoms with van der Waals surface area (Å²) in [5.74, 6) is -0.0433. The molecule has 88 valence electrons. The molecule has 0 saturated heterocycles. The SMILES string of the molecule is NCCC(=O)c1nnn(Cc2ccccc2)n1. The Bertz CT molecular complexity index is 494. The molecule has 2 N–H and O–H groups in total. The number of rotatable bonds is 5. The van der Waals surface area contributed by atoms with Crippen LogP contribution in [0.1, 0.15) is 22.6 Å². The van der Waals surface area contributed by atoms with Gasteiger partial charge in [0.2, 0.25) is 11.6 Å². The van der Waals surface area contributed by atoms with E-state index in [1.165, 1.54) is 4.80 Å². The second kappa shape index (κ2) is 5.31. The van der Waals surface area contributed by atoms with Gasteiger partial charge in [0.1, 0.15) is 0 Å². The number of ketones is 1. The third-order valence-electron chi connectivity index (χ3n) is 2.24. The van der Waals surface area contributed by atoms with Crippen LogP contribution in [0.4, 0.5) is 0 Å². The number of Topliss-reactive ketones (excluding diaryl/α,β-unsaturated/α-hetero) is 1. The van der Waals surface area contributed by atoms with Gasteiger partial charge in [0.15, 0.2) is 0 Å². The molecule has 1 heterocycles. The summed E-state index contributed by atoms with van der Waals surface area (Å²) in [7, 11) is 0. The zero-order chi connectivity index (χ0) is 12.1. The Morgan fingerprint density at radius 2 is 2.06 bits per heavy atom. The topological polar surface area (TPSA) is 86.7 Å². The maximum absolute atomic E-state index is 11.5. The average Bonchev–Trinajstić information content (AvgIpc) is 2.79. The number of tetrazole rings is 1. The molecule has 0 aliphatic carbocycles. The fourth-order valence-electron chi connectivity index (χ4n) is 1.41. The van der Waals surface area contributed by atoms with Crippen LogP contribution in [0.25, 0.3) is 0 Å². The quantitative estimate of drug-likeness (QED) is 0.745. The highest BCUT2D eigenvalue weighted by Gasteiger charge is 2.11. The van der Waals surface area contributed by atoms with Crippen molar-refractivity contribution in [1.82, 2.24) is 20.2 Å². The number of carbonyl (C=O) groups excluding carboxylic acids is 1. The Morgan fingerprint density at radius 1 is 1.29 bits per heavy atom. The second-order valence-corrected chi connectivity index (χ2v) is 3.59. The number of aromatic nitrogens is 4. The molecule has 1 aromatic carbocycles. The Kier molecular flexibility index (Phi) is 3.56. The smallest absolute Gasteiger partial charge is 0.240 e. The van der Waals surface area contributed by atoms with Gasteiger partial charge >= 0.3 is 0 Å². The van der Waals surface area contributed by atoms with Crippen molar-refractivity contribution < 1.29 is 4.79 Å². The predicted molar refractivity (Wildman–Crippen MR) is 61.4 cm³/mol. The van der Waals surface area contributed by atoms with E-state index in [4.69, 9.17) is 5.73 Å². The number of benzene rings is 1. The van der Waals surface area contributed by atoms with E-state index in [9.17, 15) is 4.79 Å². The zero-order valence-corrected chi connectivity index (χ0v) is 9.28. The Labute approximate surface area is 98.4 Å². The number of carbonyl (C=O) groups is 1. The number of nitrogens with two attached hydrogens (primary N) is 1. The van der Waals surface area contributed by atoms with Crippen molar-refractivity contribution in [2.75, 3.05) is 6.54 Å². The fourth-order valence-corrected chi connectivity index (χ4v) is 1.41. The van der Waals surface area contributed by atoms with Crippen LogP contribution in [0, 0.1) is 0 Å². The molecule has 6 heteroatoms. The first-order valence-electron chi connectivity index (χ1n) is 5.34. The van der Waals surface area contributed by atoms with E-state index in [0.717, 1.165) is 5.56 Å². The van der Waals surface area contributed by atoms with Crippen LogP contribution in [0.5, 0.6) is 0 Å². The minimum Gasteiger partial charge on any atom is -0.330 e. The number of nitrogens with zero attached hydrogens (tertiary/aromatic N) is 4. The van der Waals surface area contributed by atoms with Crippen LogP contribution >= 0.6 is 0 Å². The third-order valence-corrected chi connectivity index (χ3v) is 2.24. The first-order valence-corrected chi connectivity index (χ1v) is 5.34. The molecular weight excluding hydrogens is 218 g/mol. The zero-order valence-electron chi connectivity index (χ0n) is 9.28. The van der Waals surface area contributed by atoms with Crippen molar-refractivity contribution >= 4 is 5.78 Å². The van der Waals surface area contributed by atoms with Gasteiger partial charge in [0, 0.05) is 6.42 Å². The molecule has 6 nitrogen and oxygen atoms in total. The van der Waals surface area contributed by atoms with Crippen LogP contribution in [-0.2, 0) is 6.54 Å². The molecule has 0 radical (unpaired) electrons. The van der Waals surface area contributed by atoms with Crippen molar-refractivity contribution in [2.24, 2.45) is 5.73 Å². The van der Waals surface area contributed by atoms with Crippen LogP contribution in [0.2, 0.25) is 0 Å². The molecule has 0 bridgehead atoms. The average molecular weight is 231 g/mol. The maximum atomic E-state index is 11.5. The number of hydrogen-bond acceptors (Lipinski definition) is 5. The van der Waals surface area contributed by atoms with Gasteiger partial charge in [-0.05, 0) is 17.3 Å². The highest BCUT2D eigenvalue weighted by Crippen LogP contribution is 2.00. The second-order valence-electron chi connectivity index (χ2n) is 3.59. The lowest BCUT2D eigenvalue weighted by molar-refractivity contribution is 0.0975. The summed E-state index contributed by atoms with van der Waals surface area (Å²) in [5.41, 5.74) is 6.35. The first-order chi connectivity index (χ1) is 8.29. The fraction of sp³-hybridized carbons (Fsp3) is 0.273. The van der Waals surface area contributed by atoms with E-state index >= 15 is 0 Å². The monoisotopic (exact) mass is 231 g/mol. The van der Waals surface area contributed by atoms with Gasteiger partial charge in [0.25, 0.3) is 0 Å². The summed E-state index contributed by atoms with van der Waals surface area (Å²) >= 11 is 0. The summed E-state index contributed by atoms with van der Waals surface area (Å²) in [6.07, 6.45) is 0.247. The summed E-state index contributed by atoms with van der Waals surface area (Å²) in [5, 5.41) is 11.5. The molecule has 0 amide bonds. The van der Waals surface area contributed by atoms with E-state index < -0.39 is 0 Å². The van der Waals surface area contributed by atoms with E-state index in [-0.39, 0.29) is 18.0 Å². The Hall–Kier alpha value is -2.08. The first kappa shape index (κ1) is 11.4. The summed E-state index contributed by atoms with van der Waals surface area (Å²) in [6.45, 7) is 0.801. The third kappa shape index (κ3) is 2.94. The molecule has 0 aliphatic heterocycles. The van der Waals surface area contributed by atoms with Crippen molar-refractivity contribution in [3.05, 3.63) is 41.7 Å². The number of hydrogen-bond donors (Lipinski definition) is 1. The molecule has 2 aromatic rings. The normalized spacial score (nSPS) is 10.4. The van der Waals surface area contributed by atoms with Gasteiger partial charge in [-0.3, -0.25) is 4.79 Å². The van der Waals surface area contributed by atoms with Crippen molar-refractivity contribution in [3.8, 4) is 0 Å². The molecule has 0 spiro atoms. The van der Waals surface area contributed by atoms with Crippen molar-refractivity contribution in [2.45, 2.75) is 13.0 Å². The highest BCUT2D eigenvalue weighted by atomic mass is 16.1. The summed E-state index contributed by atoms with van der Waals surface area (Å²) in [6, 6.07) is 9.74. The predicted octanol–water partition coefficient (Wildman–Crippen LogP) is 0.253. The highest BCUT2D eigenvalue weighted by molar-refractivity contribution is 5.92. The van der Waals surface area contributed by atoms with Crippen LogP contribution in [0.15, 0.2) is 30.3 Å². The van der Waals surface area contributed by atoms with Gasteiger partial charge in [-0.15, -0.1) is 10.2 Å². The van der Waals surface area contributed by atoms with E-state index in [2.05, 4.69) is 15.4 Å². The van der Waals surface area contributed by atoms with Crippen molar-refractivity contribution in [3.63, 3.8) is 0 Å². The van der Waals surface area contributed by atoms with Gasteiger partial charge in [-0.25, -0.2) is 0 Å². The van der Waals surface area contributed by atoms with E-state index in [1.54, 1.807) is 0 Å². The molecule has 0 unspecified atom stereocenters. The molecular formula is C11H13N5O. The Balaban J connectivity index is 2.06. The van der Waals surface area contributed by atoms with Gasteiger partial charge in [0.05, 0.1) is 6.54 Å². The van der Waals surface area contributed by atoms with Crippen LogP contribution < -0.4 is 5.73 Å². The lowest BCUT2D eigenvalue weighted by atomic mass is 10.2. The lowest BCUT2D eigenvalue weighted by Crippen LogP contribution is -2.10. The molecule has 0 atom stereocenters.